The molecule has 1 aromatic carbocycles. The first-order valence-electron chi connectivity index (χ1n) is 6.70. The van der Waals surface area contributed by atoms with Crippen molar-refractivity contribution < 1.29 is 4.79 Å². The predicted octanol–water partition coefficient (Wildman–Crippen LogP) is 4.95. The molecule has 0 spiro atoms. The summed E-state index contributed by atoms with van der Waals surface area (Å²) in [5.74, 6) is 0.0804. The summed E-state index contributed by atoms with van der Waals surface area (Å²) in [4.78, 5) is 11.8. The van der Waals surface area contributed by atoms with Crippen molar-refractivity contribution in [3.63, 3.8) is 0 Å². The van der Waals surface area contributed by atoms with Crippen LogP contribution in [0.25, 0.3) is 0 Å². The fourth-order valence-electron chi connectivity index (χ4n) is 1.84. The normalized spacial score (nSPS) is 10.4. The molecule has 0 aromatic heterocycles. The highest BCUT2D eigenvalue weighted by Gasteiger charge is 2.06. The summed E-state index contributed by atoms with van der Waals surface area (Å²) >= 11 is 6.01. The van der Waals surface area contributed by atoms with E-state index in [0.717, 1.165) is 24.1 Å². The molecule has 1 aromatic rings. The van der Waals surface area contributed by atoms with Crippen LogP contribution in [0.3, 0.4) is 0 Å². The number of hydrogen-bond donors (Lipinski definition) is 1. The van der Waals surface area contributed by atoms with Crippen molar-refractivity contribution in [3.05, 3.63) is 28.8 Å². The molecule has 0 aliphatic heterocycles. The van der Waals surface area contributed by atoms with E-state index in [9.17, 15) is 4.79 Å². The van der Waals surface area contributed by atoms with Gasteiger partial charge in [0.2, 0.25) is 5.91 Å². The average molecular weight is 268 g/mol. The van der Waals surface area contributed by atoms with E-state index < -0.39 is 0 Å². The van der Waals surface area contributed by atoms with Gasteiger partial charge in [-0.2, -0.15) is 0 Å². The maximum atomic E-state index is 11.8. The van der Waals surface area contributed by atoms with E-state index in [2.05, 4.69) is 12.2 Å². The topological polar surface area (TPSA) is 29.1 Å². The van der Waals surface area contributed by atoms with E-state index in [0.29, 0.717) is 11.4 Å². The molecule has 0 saturated carbocycles. The second kappa shape index (κ2) is 8.15. The molecule has 1 amide bonds. The number of unbranched alkanes of at least 4 members (excludes halogenated alkanes) is 4. The molecule has 0 saturated heterocycles. The third-order valence-electron chi connectivity index (χ3n) is 3.05. The van der Waals surface area contributed by atoms with Crippen molar-refractivity contribution in [2.45, 2.75) is 52.4 Å². The summed E-state index contributed by atoms with van der Waals surface area (Å²) in [5.41, 5.74) is 1.75. The molecule has 0 radical (unpaired) electrons. The van der Waals surface area contributed by atoms with Crippen molar-refractivity contribution in [3.8, 4) is 0 Å². The molecule has 3 heteroatoms. The Morgan fingerprint density at radius 2 is 1.94 bits per heavy atom. The summed E-state index contributed by atoms with van der Waals surface area (Å²) in [5, 5.41) is 3.61. The first-order chi connectivity index (χ1) is 8.65. The third kappa shape index (κ3) is 5.09. The zero-order chi connectivity index (χ0) is 13.4. The minimum atomic E-state index is 0.0804. The highest BCUT2D eigenvalue weighted by molar-refractivity contribution is 6.31. The molecule has 0 fully saturated rings. The van der Waals surface area contributed by atoms with Gasteiger partial charge < -0.3 is 5.32 Å². The third-order valence-corrected chi connectivity index (χ3v) is 3.46. The molecule has 0 bridgehead atoms. The van der Waals surface area contributed by atoms with Crippen LogP contribution in [0.2, 0.25) is 5.02 Å². The predicted molar refractivity (Wildman–Crippen MR) is 78.2 cm³/mol. The van der Waals surface area contributed by atoms with Crippen molar-refractivity contribution in [2.75, 3.05) is 5.32 Å². The van der Waals surface area contributed by atoms with E-state index in [4.69, 9.17) is 11.6 Å². The largest absolute Gasteiger partial charge is 0.326 e. The number of anilines is 1. The van der Waals surface area contributed by atoms with E-state index in [1.165, 1.54) is 19.3 Å². The van der Waals surface area contributed by atoms with Gasteiger partial charge in [0.15, 0.2) is 0 Å². The van der Waals surface area contributed by atoms with Gasteiger partial charge in [0.05, 0.1) is 0 Å². The lowest BCUT2D eigenvalue weighted by atomic mass is 10.1. The van der Waals surface area contributed by atoms with Gasteiger partial charge in [0.25, 0.3) is 0 Å². The zero-order valence-corrected chi connectivity index (χ0v) is 12.0. The molecule has 0 aliphatic carbocycles. The molecule has 0 unspecified atom stereocenters. The van der Waals surface area contributed by atoms with Crippen LogP contribution >= 0.6 is 11.6 Å². The Morgan fingerprint density at radius 1 is 1.22 bits per heavy atom. The van der Waals surface area contributed by atoms with Gasteiger partial charge in [-0.1, -0.05) is 50.3 Å². The van der Waals surface area contributed by atoms with Crippen LogP contribution in [0, 0.1) is 6.92 Å². The zero-order valence-electron chi connectivity index (χ0n) is 11.3. The van der Waals surface area contributed by atoms with Crippen molar-refractivity contribution in [2.24, 2.45) is 0 Å². The molecule has 0 aliphatic rings. The van der Waals surface area contributed by atoms with Crippen LogP contribution in [-0.2, 0) is 4.79 Å². The molecule has 100 valence electrons. The second-order valence-electron chi connectivity index (χ2n) is 4.62. The van der Waals surface area contributed by atoms with Gasteiger partial charge in [0.1, 0.15) is 0 Å². The van der Waals surface area contributed by atoms with Crippen LogP contribution in [0.4, 0.5) is 5.69 Å². The summed E-state index contributed by atoms with van der Waals surface area (Å²) < 4.78 is 0. The van der Waals surface area contributed by atoms with E-state index >= 15 is 0 Å². The number of hydrogen-bond acceptors (Lipinski definition) is 1. The number of rotatable bonds is 7. The number of amides is 1. The molecular weight excluding hydrogens is 246 g/mol. The summed E-state index contributed by atoms with van der Waals surface area (Å²) in [7, 11) is 0. The summed E-state index contributed by atoms with van der Waals surface area (Å²) in [6, 6.07) is 5.57. The molecule has 18 heavy (non-hydrogen) atoms. The SMILES string of the molecule is CCCCCCCC(=O)Nc1cccc(Cl)c1C. The van der Waals surface area contributed by atoms with E-state index in [-0.39, 0.29) is 5.91 Å². The Labute approximate surface area is 115 Å². The molecule has 0 atom stereocenters. The highest BCUT2D eigenvalue weighted by Crippen LogP contribution is 2.23. The Kier molecular flexibility index (Phi) is 6.81. The average Bonchev–Trinajstić information content (AvgIpc) is 2.35. The van der Waals surface area contributed by atoms with Crippen molar-refractivity contribution in [1.82, 2.24) is 0 Å². The lowest BCUT2D eigenvalue weighted by Gasteiger charge is -2.09. The van der Waals surface area contributed by atoms with Gasteiger partial charge in [-0.3, -0.25) is 4.79 Å². The van der Waals surface area contributed by atoms with Crippen LogP contribution in [0.1, 0.15) is 51.0 Å². The smallest absolute Gasteiger partial charge is 0.224 e. The van der Waals surface area contributed by atoms with Crippen LogP contribution in [0.5, 0.6) is 0 Å². The standard InChI is InChI=1S/C15H22ClNO/c1-3-4-5-6-7-11-15(18)17-14-10-8-9-13(16)12(14)2/h8-10H,3-7,11H2,1-2H3,(H,17,18). The number of nitrogens with one attached hydrogen (secondary N) is 1. The monoisotopic (exact) mass is 267 g/mol. The maximum absolute atomic E-state index is 11.8. The minimum Gasteiger partial charge on any atom is -0.326 e. The van der Waals surface area contributed by atoms with Crippen LogP contribution in [0.15, 0.2) is 18.2 Å². The van der Waals surface area contributed by atoms with Gasteiger partial charge in [-0.15, -0.1) is 0 Å². The van der Waals surface area contributed by atoms with Gasteiger partial charge in [-0.05, 0) is 31.0 Å². The van der Waals surface area contributed by atoms with Gasteiger partial charge in [0, 0.05) is 17.1 Å². The Bertz CT molecular complexity index is 390. The van der Waals surface area contributed by atoms with Gasteiger partial charge >= 0.3 is 0 Å². The van der Waals surface area contributed by atoms with Crippen molar-refractivity contribution >= 4 is 23.2 Å². The second-order valence-corrected chi connectivity index (χ2v) is 5.03. The van der Waals surface area contributed by atoms with Crippen LogP contribution < -0.4 is 5.32 Å². The van der Waals surface area contributed by atoms with Crippen molar-refractivity contribution in [1.29, 1.82) is 0 Å². The quantitative estimate of drug-likeness (QED) is 0.696. The number of halogens is 1. The molecule has 2 nitrogen and oxygen atoms in total. The van der Waals surface area contributed by atoms with Gasteiger partial charge in [-0.25, -0.2) is 0 Å². The first kappa shape index (κ1) is 15.0. The molecule has 0 heterocycles. The number of carbonyl (C=O) groups is 1. The van der Waals surface area contributed by atoms with E-state index in [1.807, 2.05) is 25.1 Å². The number of carbonyl (C=O) groups excluding carboxylic acids is 1. The summed E-state index contributed by atoms with van der Waals surface area (Å²) in [6.07, 6.45) is 6.40. The van der Waals surface area contributed by atoms with Crippen LogP contribution in [-0.4, -0.2) is 5.91 Å². The highest BCUT2D eigenvalue weighted by atomic mass is 35.5. The lowest BCUT2D eigenvalue weighted by molar-refractivity contribution is -0.116. The molecule has 1 rings (SSSR count). The fourth-order valence-corrected chi connectivity index (χ4v) is 2.02. The van der Waals surface area contributed by atoms with E-state index in [1.54, 1.807) is 0 Å². The Morgan fingerprint density at radius 3 is 2.67 bits per heavy atom. The Balaban J connectivity index is 2.34. The maximum Gasteiger partial charge on any atom is 0.224 e. The minimum absolute atomic E-state index is 0.0804. The lowest BCUT2D eigenvalue weighted by Crippen LogP contribution is -2.12. The molecular formula is C15H22ClNO. The first-order valence-corrected chi connectivity index (χ1v) is 7.08. The number of benzene rings is 1. The molecule has 1 N–H and O–H groups in total. The summed E-state index contributed by atoms with van der Waals surface area (Å²) in [6.45, 7) is 4.10. The fraction of sp³-hybridized carbons (Fsp3) is 0.533. The Hall–Kier alpha value is -1.02.